The van der Waals surface area contributed by atoms with E-state index in [1.165, 1.54) is 12.1 Å². The van der Waals surface area contributed by atoms with Crippen molar-refractivity contribution in [3.05, 3.63) is 32.8 Å². The molecule has 0 saturated carbocycles. The van der Waals surface area contributed by atoms with Gasteiger partial charge in [-0.15, -0.1) is 0 Å². The molecular formula is C11H12ClN3O3. The number of rotatable bonds is 3. The Hall–Kier alpha value is -1.66. The maximum absolute atomic E-state index is 11.7. The van der Waals surface area contributed by atoms with Gasteiger partial charge in [-0.1, -0.05) is 11.6 Å². The number of nitrogens with zero attached hydrogens (tertiary/aromatic N) is 1. The van der Waals surface area contributed by atoms with Crippen LogP contribution in [0.15, 0.2) is 12.1 Å². The zero-order chi connectivity index (χ0) is 13.3. The van der Waals surface area contributed by atoms with Gasteiger partial charge in [0.25, 0.3) is 5.69 Å². The molecule has 0 aliphatic carbocycles. The molecule has 18 heavy (non-hydrogen) atoms. The van der Waals surface area contributed by atoms with Gasteiger partial charge in [-0.3, -0.25) is 14.9 Å². The van der Waals surface area contributed by atoms with Crippen LogP contribution in [0, 0.1) is 23.0 Å². The molecule has 2 rings (SSSR count). The fraction of sp³-hybridized carbons (Fsp3) is 0.364. The Morgan fingerprint density at radius 1 is 1.56 bits per heavy atom. The summed E-state index contributed by atoms with van der Waals surface area (Å²) in [7, 11) is 0. The van der Waals surface area contributed by atoms with Gasteiger partial charge in [0.1, 0.15) is 5.02 Å². The first-order valence-electron chi connectivity index (χ1n) is 5.45. The second-order valence-corrected chi connectivity index (χ2v) is 4.63. The van der Waals surface area contributed by atoms with E-state index in [0.717, 1.165) is 0 Å². The lowest BCUT2D eigenvalue weighted by atomic mass is 10.0. The number of benzene rings is 1. The largest absolute Gasteiger partial charge is 0.325 e. The van der Waals surface area contributed by atoms with Gasteiger partial charge in [-0.2, -0.15) is 0 Å². The smallest absolute Gasteiger partial charge is 0.288 e. The van der Waals surface area contributed by atoms with Crippen LogP contribution >= 0.6 is 11.6 Å². The van der Waals surface area contributed by atoms with Gasteiger partial charge >= 0.3 is 0 Å². The van der Waals surface area contributed by atoms with Crippen molar-refractivity contribution in [3.63, 3.8) is 0 Å². The number of hydrogen-bond donors (Lipinski definition) is 2. The first kappa shape index (κ1) is 12.8. The lowest BCUT2D eigenvalue weighted by Gasteiger charge is -2.26. The van der Waals surface area contributed by atoms with E-state index in [-0.39, 0.29) is 22.5 Å². The summed E-state index contributed by atoms with van der Waals surface area (Å²) in [6, 6.07) is 2.77. The van der Waals surface area contributed by atoms with Gasteiger partial charge in [0, 0.05) is 24.8 Å². The zero-order valence-corrected chi connectivity index (χ0v) is 10.5. The van der Waals surface area contributed by atoms with Crippen molar-refractivity contribution < 1.29 is 9.72 Å². The van der Waals surface area contributed by atoms with Gasteiger partial charge in [-0.25, -0.2) is 0 Å². The number of nitro groups is 1. The highest BCUT2D eigenvalue weighted by Crippen LogP contribution is 2.30. The van der Waals surface area contributed by atoms with Crippen molar-refractivity contribution in [1.29, 1.82) is 0 Å². The predicted octanol–water partition coefficient (Wildman–Crippen LogP) is 1.71. The molecule has 0 bridgehead atoms. The molecule has 0 spiro atoms. The van der Waals surface area contributed by atoms with Crippen molar-refractivity contribution in [1.82, 2.24) is 5.32 Å². The Labute approximate surface area is 108 Å². The summed E-state index contributed by atoms with van der Waals surface area (Å²) < 4.78 is 0. The first-order chi connectivity index (χ1) is 8.49. The molecule has 6 nitrogen and oxygen atoms in total. The van der Waals surface area contributed by atoms with Crippen molar-refractivity contribution in [2.45, 2.75) is 6.92 Å². The van der Waals surface area contributed by atoms with Crippen LogP contribution in [0.25, 0.3) is 0 Å². The summed E-state index contributed by atoms with van der Waals surface area (Å²) in [6.45, 7) is 3.01. The Morgan fingerprint density at radius 3 is 2.72 bits per heavy atom. The van der Waals surface area contributed by atoms with E-state index in [9.17, 15) is 14.9 Å². The summed E-state index contributed by atoms with van der Waals surface area (Å²) in [5.41, 5.74) is 0.978. The van der Waals surface area contributed by atoms with E-state index in [0.29, 0.717) is 24.3 Å². The third kappa shape index (κ3) is 2.44. The first-order valence-corrected chi connectivity index (χ1v) is 5.83. The van der Waals surface area contributed by atoms with E-state index >= 15 is 0 Å². The van der Waals surface area contributed by atoms with Crippen LogP contribution in [0.5, 0.6) is 0 Å². The molecule has 1 aliphatic heterocycles. The second-order valence-electron chi connectivity index (χ2n) is 4.22. The molecule has 2 N–H and O–H groups in total. The maximum atomic E-state index is 11.7. The molecule has 1 heterocycles. The average Bonchev–Trinajstić information content (AvgIpc) is 2.19. The molecule has 1 amide bonds. The van der Waals surface area contributed by atoms with E-state index in [1.54, 1.807) is 6.92 Å². The monoisotopic (exact) mass is 269 g/mol. The van der Waals surface area contributed by atoms with Crippen molar-refractivity contribution in [2.75, 3.05) is 18.4 Å². The molecular weight excluding hydrogens is 258 g/mol. The van der Waals surface area contributed by atoms with E-state index in [2.05, 4.69) is 10.6 Å². The molecule has 1 aromatic carbocycles. The fourth-order valence-electron chi connectivity index (χ4n) is 1.65. The Bertz CT molecular complexity index is 515. The van der Waals surface area contributed by atoms with Gasteiger partial charge in [0.05, 0.1) is 10.8 Å². The van der Waals surface area contributed by atoms with Crippen molar-refractivity contribution in [3.8, 4) is 0 Å². The topological polar surface area (TPSA) is 84.3 Å². The Kier molecular flexibility index (Phi) is 3.49. The summed E-state index contributed by atoms with van der Waals surface area (Å²) in [4.78, 5) is 21.9. The van der Waals surface area contributed by atoms with E-state index in [1.807, 2.05) is 0 Å². The molecule has 0 unspecified atom stereocenters. The average molecular weight is 270 g/mol. The minimum Gasteiger partial charge on any atom is -0.325 e. The van der Waals surface area contributed by atoms with Crippen LogP contribution in [0.2, 0.25) is 5.02 Å². The molecule has 0 aromatic heterocycles. The molecule has 1 aliphatic rings. The number of anilines is 1. The summed E-state index contributed by atoms with van der Waals surface area (Å²) in [5, 5.41) is 16.5. The van der Waals surface area contributed by atoms with Gasteiger partial charge in [0.2, 0.25) is 5.91 Å². The number of halogens is 1. The minimum absolute atomic E-state index is 0.0210. The molecule has 1 saturated heterocycles. The van der Waals surface area contributed by atoms with Crippen LogP contribution in [-0.2, 0) is 4.79 Å². The zero-order valence-electron chi connectivity index (χ0n) is 9.70. The molecule has 1 fully saturated rings. The third-order valence-electron chi connectivity index (χ3n) is 2.90. The second kappa shape index (κ2) is 4.91. The standard InChI is InChI=1S/C11H12ClN3O3/c1-6-2-10(15(17)18)8(12)3-9(6)14-11(16)7-4-13-5-7/h2-3,7,13H,4-5H2,1H3,(H,14,16). The van der Waals surface area contributed by atoms with Crippen LogP contribution in [-0.4, -0.2) is 23.9 Å². The fourth-order valence-corrected chi connectivity index (χ4v) is 1.88. The number of aryl methyl sites for hydroxylation is 1. The number of nitro benzene ring substituents is 1. The van der Waals surface area contributed by atoms with E-state index < -0.39 is 4.92 Å². The lowest BCUT2D eigenvalue weighted by molar-refractivity contribution is -0.384. The lowest BCUT2D eigenvalue weighted by Crippen LogP contribution is -2.48. The Balaban J connectivity index is 2.20. The number of hydrogen-bond acceptors (Lipinski definition) is 4. The summed E-state index contributed by atoms with van der Waals surface area (Å²) in [5.74, 6) is -0.139. The normalized spacial score (nSPS) is 15.0. The highest BCUT2D eigenvalue weighted by molar-refractivity contribution is 6.33. The summed E-state index contributed by atoms with van der Waals surface area (Å²) in [6.07, 6.45) is 0. The van der Waals surface area contributed by atoms with Crippen molar-refractivity contribution >= 4 is 28.9 Å². The van der Waals surface area contributed by atoms with Gasteiger partial charge in [-0.05, 0) is 18.6 Å². The highest BCUT2D eigenvalue weighted by atomic mass is 35.5. The SMILES string of the molecule is Cc1cc([N+](=O)[O-])c(Cl)cc1NC(=O)C1CNC1. The predicted molar refractivity (Wildman–Crippen MR) is 67.8 cm³/mol. The minimum atomic E-state index is -0.545. The number of nitrogens with one attached hydrogen (secondary N) is 2. The van der Waals surface area contributed by atoms with Crippen LogP contribution < -0.4 is 10.6 Å². The molecule has 96 valence electrons. The molecule has 0 radical (unpaired) electrons. The quantitative estimate of drug-likeness (QED) is 0.646. The third-order valence-corrected chi connectivity index (χ3v) is 3.20. The molecule has 0 atom stereocenters. The van der Waals surface area contributed by atoms with Crippen LogP contribution in [0.3, 0.4) is 0 Å². The van der Waals surface area contributed by atoms with Gasteiger partial charge in [0.15, 0.2) is 0 Å². The summed E-state index contributed by atoms with van der Waals surface area (Å²) >= 11 is 5.80. The maximum Gasteiger partial charge on any atom is 0.288 e. The number of amides is 1. The van der Waals surface area contributed by atoms with Gasteiger partial charge < -0.3 is 10.6 Å². The Morgan fingerprint density at radius 2 is 2.22 bits per heavy atom. The molecule has 1 aromatic rings. The van der Waals surface area contributed by atoms with Crippen molar-refractivity contribution in [2.24, 2.45) is 5.92 Å². The highest BCUT2D eigenvalue weighted by Gasteiger charge is 2.25. The van der Waals surface area contributed by atoms with Crippen LogP contribution in [0.4, 0.5) is 11.4 Å². The molecule has 7 heteroatoms. The number of carbonyl (C=O) groups excluding carboxylic acids is 1. The van der Waals surface area contributed by atoms with Crippen LogP contribution in [0.1, 0.15) is 5.56 Å². The van der Waals surface area contributed by atoms with E-state index in [4.69, 9.17) is 11.6 Å². The number of carbonyl (C=O) groups is 1.